The molecule has 0 bridgehead atoms. The normalized spacial score (nSPS) is 13.1. The van der Waals surface area contributed by atoms with E-state index in [-0.39, 0.29) is 5.91 Å². The minimum atomic E-state index is -0.403. The number of aryl methyl sites for hydroxylation is 2. The average molecular weight is 397 g/mol. The summed E-state index contributed by atoms with van der Waals surface area (Å²) in [5.74, 6) is -0.671. The van der Waals surface area contributed by atoms with Gasteiger partial charge in [-0.15, -0.1) is 16.4 Å². The predicted molar refractivity (Wildman–Crippen MR) is 104 cm³/mol. The lowest BCUT2D eigenvalue weighted by Crippen LogP contribution is -2.15. The van der Waals surface area contributed by atoms with Crippen molar-refractivity contribution in [3.05, 3.63) is 51.7 Å². The quantitative estimate of drug-likeness (QED) is 0.680. The van der Waals surface area contributed by atoms with E-state index in [2.05, 4.69) is 20.8 Å². The van der Waals surface area contributed by atoms with Crippen molar-refractivity contribution in [1.82, 2.24) is 20.2 Å². The Labute approximate surface area is 165 Å². The van der Waals surface area contributed by atoms with Gasteiger partial charge < -0.3 is 10.1 Å². The van der Waals surface area contributed by atoms with Crippen LogP contribution in [0.25, 0.3) is 5.69 Å². The molecule has 1 aliphatic rings. The minimum absolute atomic E-state index is 0.268. The van der Waals surface area contributed by atoms with Crippen molar-refractivity contribution in [3.8, 4) is 5.69 Å². The molecule has 0 unspecified atom stereocenters. The van der Waals surface area contributed by atoms with E-state index in [0.717, 1.165) is 47.4 Å². The molecule has 0 aliphatic heterocycles. The number of fused-ring (bicyclic) bond motifs is 1. The first-order valence-corrected chi connectivity index (χ1v) is 9.78. The number of rotatable bonds is 4. The van der Waals surface area contributed by atoms with E-state index in [9.17, 15) is 9.59 Å². The Hall–Kier alpha value is -3.07. The molecule has 2 heterocycles. The summed E-state index contributed by atoms with van der Waals surface area (Å²) in [6.07, 6.45) is 5.41. The summed E-state index contributed by atoms with van der Waals surface area (Å²) in [5, 5.41) is 14.6. The van der Waals surface area contributed by atoms with Gasteiger partial charge in [-0.25, -0.2) is 9.48 Å². The van der Waals surface area contributed by atoms with E-state index in [4.69, 9.17) is 4.74 Å². The van der Waals surface area contributed by atoms with E-state index in [0.29, 0.717) is 16.1 Å². The van der Waals surface area contributed by atoms with Gasteiger partial charge >= 0.3 is 5.97 Å². The van der Waals surface area contributed by atoms with Crippen molar-refractivity contribution in [2.24, 2.45) is 0 Å². The molecule has 0 fully saturated rings. The van der Waals surface area contributed by atoms with E-state index in [1.165, 1.54) is 24.8 Å². The summed E-state index contributed by atoms with van der Waals surface area (Å²) in [5.41, 5.74) is 3.67. The molecule has 9 heteroatoms. The summed E-state index contributed by atoms with van der Waals surface area (Å²) in [6.45, 7) is 1.89. The van der Waals surface area contributed by atoms with Gasteiger partial charge in [0.1, 0.15) is 11.3 Å². The van der Waals surface area contributed by atoms with Gasteiger partial charge in [-0.2, -0.15) is 0 Å². The molecular formula is C19H19N5O3S. The fourth-order valence-corrected chi connectivity index (χ4v) is 4.75. The molecule has 0 radical (unpaired) electrons. The summed E-state index contributed by atoms with van der Waals surface area (Å²) < 4.78 is 6.50. The lowest BCUT2D eigenvalue weighted by molar-refractivity contribution is 0.0601. The Morgan fingerprint density at radius 1 is 1.25 bits per heavy atom. The van der Waals surface area contributed by atoms with Crippen LogP contribution in [0.15, 0.2) is 24.5 Å². The van der Waals surface area contributed by atoms with Crippen LogP contribution >= 0.6 is 11.3 Å². The van der Waals surface area contributed by atoms with Crippen LogP contribution < -0.4 is 5.32 Å². The highest BCUT2D eigenvalue weighted by molar-refractivity contribution is 7.17. The van der Waals surface area contributed by atoms with Gasteiger partial charge in [-0.05, 0) is 72.4 Å². The monoisotopic (exact) mass is 397 g/mol. The van der Waals surface area contributed by atoms with Crippen LogP contribution in [0.5, 0.6) is 0 Å². The van der Waals surface area contributed by atoms with Gasteiger partial charge in [0.2, 0.25) is 0 Å². The topological polar surface area (TPSA) is 99.0 Å². The van der Waals surface area contributed by atoms with Crippen molar-refractivity contribution in [2.45, 2.75) is 32.6 Å². The zero-order valence-corrected chi connectivity index (χ0v) is 16.4. The van der Waals surface area contributed by atoms with Gasteiger partial charge in [0.05, 0.1) is 18.4 Å². The minimum Gasteiger partial charge on any atom is -0.465 e. The maximum atomic E-state index is 12.8. The van der Waals surface area contributed by atoms with Gasteiger partial charge in [0.15, 0.2) is 0 Å². The van der Waals surface area contributed by atoms with Crippen LogP contribution in [0.3, 0.4) is 0 Å². The highest BCUT2D eigenvalue weighted by atomic mass is 32.1. The lowest BCUT2D eigenvalue weighted by Gasteiger charge is -2.12. The number of anilines is 1. The van der Waals surface area contributed by atoms with Crippen LogP contribution in [-0.2, 0) is 17.6 Å². The summed E-state index contributed by atoms with van der Waals surface area (Å²) in [4.78, 5) is 26.3. The van der Waals surface area contributed by atoms with Crippen molar-refractivity contribution in [2.75, 3.05) is 12.4 Å². The molecule has 8 nitrogen and oxygen atoms in total. The third-order valence-electron chi connectivity index (χ3n) is 4.84. The number of ether oxygens (including phenoxy) is 1. The highest BCUT2D eigenvalue weighted by Gasteiger charge is 2.27. The highest BCUT2D eigenvalue weighted by Crippen LogP contribution is 2.38. The number of methoxy groups -OCH3 is 1. The third kappa shape index (κ3) is 3.29. The summed E-state index contributed by atoms with van der Waals surface area (Å²) >= 11 is 1.47. The van der Waals surface area contributed by atoms with E-state index in [1.807, 2.05) is 6.92 Å². The Kier molecular flexibility index (Phi) is 4.91. The number of nitrogens with zero attached hydrogens (tertiary/aromatic N) is 4. The van der Waals surface area contributed by atoms with Crippen molar-refractivity contribution >= 4 is 28.2 Å². The van der Waals surface area contributed by atoms with Crippen LogP contribution in [0, 0.1) is 6.92 Å². The predicted octanol–water partition coefficient (Wildman–Crippen LogP) is 2.95. The van der Waals surface area contributed by atoms with Crippen LogP contribution in [0.1, 0.15) is 49.6 Å². The average Bonchev–Trinajstić information content (AvgIpc) is 3.35. The maximum absolute atomic E-state index is 12.8. The number of benzene rings is 1. The molecule has 2 aromatic heterocycles. The maximum Gasteiger partial charge on any atom is 0.341 e. The zero-order valence-electron chi connectivity index (χ0n) is 15.6. The number of thiophene rings is 1. The molecule has 144 valence electrons. The molecular weight excluding hydrogens is 378 g/mol. The second-order valence-electron chi connectivity index (χ2n) is 6.62. The molecule has 0 atom stereocenters. The van der Waals surface area contributed by atoms with Gasteiger partial charge in [-0.1, -0.05) is 0 Å². The first kappa shape index (κ1) is 18.3. The molecule has 1 N–H and O–H groups in total. The Bertz CT molecular complexity index is 1040. The number of esters is 1. The molecule has 0 spiro atoms. The molecule has 28 heavy (non-hydrogen) atoms. The Morgan fingerprint density at radius 3 is 2.79 bits per heavy atom. The van der Waals surface area contributed by atoms with Crippen LogP contribution in [0.2, 0.25) is 0 Å². The number of hydrogen-bond acceptors (Lipinski definition) is 7. The molecule has 1 aliphatic carbocycles. The van der Waals surface area contributed by atoms with E-state index < -0.39 is 5.97 Å². The molecule has 0 saturated carbocycles. The second-order valence-corrected chi connectivity index (χ2v) is 7.72. The molecule has 3 aromatic rings. The lowest BCUT2D eigenvalue weighted by atomic mass is 9.95. The molecule has 4 rings (SSSR count). The Balaban J connectivity index is 1.63. The summed E-state index contributed by atoms with van der Waals surface area (Å²) in [6, 6.07) is 5.28. The smallest absolute Gasteiger partial charge is 0.341 e. The van der Waals surface area contributed by atoms with Gasteiger partial charge in [0, 0.05) is 10.4 Å². The number of hydrogen-bond donors (Lipinski definition) is 1. The number of aromatic nitrogens is 4. The van der Waals surface area contributed by atoms with Crippen LogP contribution in [0.4, 0.5) is 5.00 Å². The van der Waals surface area contributed by atoms with Crippen LogP contribution in [-0.4, -0.2) is 39.2 Å². The fourth-order valence-electron chi connectivity index (χ4n) is 3.47. The number of tetrazole rings is 1. The third-order valence-corrected chi connectivity index (χ3v) is 6.05. The van der Waals surface area contributed by atoms with Gasteiger partial charge in [-0.3, -0.25) is 4.79 Å². The summed E-state index contributed by atoms with van der Waals surface area (Å²) in [7, 11) is 1.36. The van der Waals surface area contributed by atoms with E-state index >= 15 is 0 Å². The van der Waals surface area contributed by atoms with Crippen molar-refractivity contribution < 1.29 is 14.3 Å². The second kappa shape index (κ2) is 7.51. The number of carbonyl (C=O) groups is 2. The zero-order chi connectivity index (χ0) is 19.7. The first-order chi connectivity index (χ1) is 13.6. The SMILES string of the molecule is COC(=O)c1c(NC(=O)c2ccc(-n3cnnn3)c(C)c2)sc2c1CCCC2. The number of amides is 1. The standard InChI is InChI=1S/C19H19N5O3S/c1-11-9-12(7-8-14(11)24-10-20-22-23-24)17(25)21-18-16(19(26)27-2)13-5-3-4-6-15(13)28-18/h7-10H,3-6H2,1-2H3,(H,21,25). The largest absolute Gasteiger partial charge is 0.465 e. The Morgan fingerprint density at radius 2 is 2.07 bits per heavy atom. The molecule has 0 saturated heterocycles. The first-order valence-electron chi connectivity index (χ1n) is 8.96. The van der Waals surface area contributed by atoms with Crippen molar-refractivity contribution in [1.29, 1.82) is 0 Å². The van der Waals surface area contributed by atoms with Gasteiger partial charge in [0.25, 0.3) is 5.91 Å². The van der Waals surface area contributed by atoms with E-state index in [1.54, 1.807) is 22.9 Å². The number of nitrogens with one attached hydrogen (secondary N) is 1. The fraction of sp³-hybridized carbons (Fsp3) is 0.316. The molecule has 1 amide bonds. The number of carbonyl (C=O) groups excluding carboxylic acids is 2. The molecule has 1 aromatic carbocycles. The van der Waals surface area contributed by atoms with Crippen molar-refractivity contribution in [3.63, 3.8) is 0 Å².